The molecule has 40 heavy (non-hydrogen) atoms. The van der Waals surface area contributed by atoms with Crippen molar-refractivity contribution < 1.29 is 27.3 Å². The molecule has 3 amide bonds. The summed E-state index contributed by atoms with van der Waals surface area (Å²) in [5, 5.41) is 9.76. The van der Waals surface area contributed by atoms with Crippen molar-refractivity contribution >= 4 is 11.9 Å². The Labute approximate surface area is 230 Å². The van der Waals surface area contributed by atoms with Crippen LogP contribution in [0.1, 0.15) is 67.1 Å². The van der Waals surface area contributed by atoms with Crippen LogP contribution in [-0.4, -0.2) is 39.1 Å². The predicted molar refractivity (Wildman–Crippen MR) is 141 cm³/mol. The molecule has 2 unspecified atom stereocenters. The van der Waals surface area contributed by atoms with E-state index < -0.39 is 17.3 Å². The molecule has 3 aromatic rings. The maximum atomic E-state index is 13.4. The fourth-order valence-corrected chi connectivity index (χ4v) is 5.15. The van der Waals surface area contributed by atoms with Crippen LogP contribution >= 0.6 is 0 Å². The first-order chi connectivity index (χ1) is 18.8. The third-order valence-corrected chi connectivity index (χ3v) is 7.22. The molecule has 212 valence electrons. The minimum Gasteiger partial charge on any atom is -0.352 e. The van der Waals surface area contributed by atoms with E-state index in [9.17, 15) is 22.8 Å². The molecule has 1 aliphatic carbocycles. The molecule has 0 radical (unpaired) electrons. The molecule has 2 N–H and O–H groups in total. The third-order valence-electron chi connectivity index (χ3n) is 7.22. The zero-order chi connectivity index (χ0) is 28.8. The van der Waals surface area contributed by atoms with Crippen molar-refractivity contribution in [2.24, 2.45) is 5.92 Å². The Morgan fingerprint density at radius 3 is 2.58 bits per heavy atom. The van der Waals surface area contributed by atoms with Crippen LogP contribution in [0, 0.1) is 12.8 Å². The second kappa shape index (κ2) is 10.3. The summed E-state index contributed by atoms with van der Waals surface area (Å²) in [5.74, 6) is 0.494. The van der Waals surface area contributed by atoms with Crippen LogP contribution in [0.3, 0.4) is 0 Å². The number of aryl methyl sites for hydroxylation is 1. The lowest BCUT2D eigenvalue weighted by Gasteiger charge is -2.34. The van der Waals surface area contributed by atoms with E-state index in [1.165, 1.54) is 6.07 Å². The topological polar surface area (TPSA) is 100 Å². The minimum atomic E-state index is -4.46. The van der Waals surface area contributed by atoms with E-state index in [0.29, 0.717) is 42.2 Å². The fraction of sp³-hybridized carbons (Fsp3) is 0.448. The number of fused-ring (bicyclic) bond motifs is 1. The van der Waals surface area contributed by atoms with Crippen molar-refractivity contribution in [3.63, 3.8) is 0 Å². The van der Waals surface area contributed by atoms with Gasteiger partial charge < -0.3 is 20.1 Å². The van der Waals surface area contributed by atoms with Crippen LogP contribution in [0.25, 0.3) is 11.1 Å². The molecular weight excluding hydrogens is 523 g/mol. The van der Waals surface area contributed by atoms with Gasteiger partial charge >= 0.3 is 12.2 Å². The smallest absolute Gasteiger partial charge is 0.352 e. The molecule has 2 atom stereocenters. The molecule has 8 nitrogen and oxygen atoms in total. The highest BCUT2D eigenvalue weighted by atomic mass is 19.4. The Hall–Kier alpha value is -3.89. The van der Waals surface area contributed by atoms with Crippen LogP contribution in [0.5, 0.6) is 0 Å². The molecular formula is C29H32F3N5O3. The number of aromatic nitrogens is 2. The molecule has 1 saturated carbocycles. The molecule has 5 rings (SSSR count). The number of carbonyl (C=O) groups excluding carboxylic acids is 2. The van der Waals surface area contributed by atoms with E-state index in [1.807, 2.05) is 32.9 Å². The van der Waals surface area contributed by atoms with Gasteiger partial charge in [-0.05, 0) is 80.5 Å². The first-order valence-corrected chi connectivity index (χ1v) is 13.3. The van der Waals surface area contributed by atoms with Crippen molar-refractivity contribution in [1.29, 1.82) is 0 Å². The Morgan fingerprint density at radius 2 is 1.90 bits per heavy atom. The maximum absolute atomic E-state index is 13.4. The number of urea groups is 1. The zero-order valence-electron chi connectivity index (χ0n) is 22.9. The second-order valence-electron chi connectivity index (χ2n) is 11.5. The van der Waals surface area contributed by atoms with Crippen LogP contribution in [-0.2, 0) is 30.5 Å². The van der Waals surface area contributed by atoms with Gasteiger partial charge in [0.25, 0.3) is 0 Å². The van der Waals surface area contributed by atoms with Gasteiger partial charge in [0.2, 0.25) is 11.8 Å². The number of amides is 3. The van der Waals surface area contributed by atoms with Gasteiger partial charge in [0.1, 0.15) is 0 Å². The Bertz CT molecular complexity index is 1440. The molecule has 2 aromatic carbocycles. The van der Waals surface area contributed by atoms with Crippen molar-refractivity contribution in [3.8, 4) is 11.1 Å². The summed E-state index contributed by atoms with van der Waals surface area (Å²) in [6, 6.07) is 8.70. The summed E-state index contributed by atoms with van der Waals surface area (Å²) in [6.07, 6.45) is -3.36. The number of benzene rings is 2. The van der Waals surface area contributed by atoms with Crippen LogP contribution in [0.15, 0.2) is 40.9 Å². The number of nitrogens with zero attached hydrogens (tertiary/aromatic N) is 3. The van der Waals surface area contributed by atoms with Gasteiger partial charge in [0.15, 0.2) is 5.82 Å². The van der Waals surface area contributed by atoms with E-state index in [-0.39, 0.29) is 36.9 Å². The number of nitrogens with one attached hydrogen (secondary N) is 2. The van der Waals surface area contributed by atoms with E-state index in [0.717, 1.165) is 28.8 Å². The van der Waals surface area contributed by atoms with E-state index in [1.54, 1.807) is 17.9 Å². The van der Waals surface area contributed by atoms with Crippen LogP contribution in [0.2, 0.25) is 0 Å². The Morgan fingerprint density at radius 1 is 1.12 bits per heavy atom. The second-order valence-corrected chi connectivity index (χ2v) is 11.5. The number of carbonyl (C=O) groups is 2. The first kappa shape index (κ1) is 27.7. The number of rotatable bonds is 5. The summed E-state index contributed by atoms with van der Waals surface area (Å²) in [7, 11) is 0. The van der Waals surface area contributed by atoms with Crippen LogP contribution in [0.4, 0.5) is 18.0 Å². The summed E-state index contributed by atoms with van der Waals surface area (Å²) in [5.41, 5.74) is 2.56. The molecule has 11 heteroatoms. The van der Waals surface area contributed by atoms with Gasteiger partial charge in [-0.15, -0.1) is 0 Å². The third kappa shape index (κ3) is 5.97. The standard InChI is InChI=1S/C29H32F3N5O3/c1-16-34-26(40-36-16)23-13-22(23)25(38)33-14-18-8-9-20(17-6-5-7-19(12-17)29(30,31)32)21-10-11-37(15-24(18)21)27(39)35-28(2,3)4/h5-9,12,22-23H,10-11,13-15H2,1-4H3,(H,33,38)(H,35,39). The van der Waals surface area contributed by atoms with E-state index in [2.05, 4.69) is 20.8 Å². The highest BCUT2D eigenvalue weighted by molar-refractivity contribution is 5.83. The lowest BCUT2D eigenvalue weighted by atomic mass is 9.87. The van der Waals surface area contributed by atoms with Gasteiger partial charge in [-0.1, -0.05) is 29.4 Å². The normalized spacial score (nSPS) is 18.7. The molecule has 1 aromatic heterocycles. The predicted octanol–water partition coefficient (Wildman–Crippen LogP) is 5.35. The number of alkyl halides is 3. The summed E-state index contributed by atoms with van der Waals surface area (Å²) in [6.45, 7) is 8.35. The van der Waals surface area contributed by atoms with Gasteiger partial charge in [-0.3, -0.25) is 4.79 Å². The molecule has 2 aliphatic rings. The zero-order valence-corrected chi connectivity index (χ0v) is 22.9. The fourth-order valence-electron chi connectivity index (χ4n) is 5.15. The van der Waals surface area contributed by atoms with Crippen molar-refractivity contribution in [2.45, 2.75) is 71.3 Å². The lowest BCUT2D eigenvalue weighted by molar-refractivity contribution is -0.137. The van der Waals surface area contributed by atoms with Crippen molar-refractivity contribution in [3.05, 3.63) is 70.4 Å². The van der Waals surface area contributed by atoms with Crippen LogP contribution < -0.4 is 10.6 Å². The largest absolute Gasteiger partial charge is 0.416 e. The number of hydrogen-bond donors (Lipinski definition) is 2. The summed E-state index contributed by atoms with van der Waals surface area (Å²) >= 11 is 0. The Balaban J connectivity index is 1.41. The number of halogens is 3. The lowest BCUT2D eigenvalue weighted by Crippen LogP contribution is -2.50. The van der Waals surface area contributed by atoms with Crippen molar-refractivity contribution in [1.82, 2.24) is 25.7 Å². The molecule has 1 fully saturated rings. The van der Waals surface area contributed by atoms with Gasteiger partial charge in [-0.25, -0.2) is 4.79 Å². The monoisotopic (exact) mass is 555 g/mol. The van der Waals surface area contributed by atoms with Gasteiger partial charge in [0, 0.05) is 25.2 Å². The molecule has 1 aliphatic heterocycles. The summed E-state index contributed by atoms with van der Waals surface area (Å²) < 4.78 is 45.5. The first-order valence-electron chi connectivity index (χ1n) is 13.3. The molecule has 0 spiro atoms. The van der Waals surface area contributed by atoms with E-state index in [4.69, 9.17) is 4.52 Å². The molecule has 2 heterocycles. The van der Waals surface area contributed by atoms with Gasteiger partial charge in [0.05, 0.1) is 17.4 Å². The van der Waals surface area contributed by atoms with E-state index >= 15 is 0 Å². The van der Waals surface area contributed by atoms with Crippen molar-refractivity contribution in [2.75, 3.05) is 6.54 Å². The SMILES string of the molecule is Cc1noc(C2CC2C(=O)NCc2ccc(-c3cccc(C(F)(F)F)c3)c3c2CN(C(=O)NC(C)(C)C)CC3)n1. The summed E-state index contributed by atoms with van der Waals surface area (Å²) in [4.78, 5) is 31.8. The Kier molecular flexibility index (Phi) is 7.09. The molecule has 0 bridgehead atoms. The average Bonchev–Trinajstić information content (AvgIpc) is 3.58. The number of hydrogen-bond acceptors (Lipinski definition) is 5. The van der Waals surface area contributed by atoms with Gasteiger partial charge in [-0.2, -0.15) is 18.2 Å². The molecule has 0 saturated heterocycles. The maximum Gasteiger partial charge on any atom is 0.416 e. The minimum absolute atomic E-state index is 0.102. The highest BCUT2D eigenvalue weighted by Crippen LogP contribution is 2.47. The quantitative estimate of drug-likeness (QED) is 0.442. The average molecular weight is 556 g/mol. The highest BCUT2D eigenvalue weighted by Gasteiger charge is 2.47.